The van der Waals surface area contributed by atoms with Gasteiger partial charge in [0.05, 0.1) is 6.04 Å². The number of halogens is 3. The number of H-pyrrole nitrogens is 2. The van der Waals surface area contributed by atoms with Gasteiger partial charge < -0.3 is 0 Å². The van der Waals surface area contributed by atoms with Crippen LogP contribution < -0.4 is 11.2 Å². The van der Waals surface area contributed by atoms with E-state index in [0.29, 0.717) is 6.42 Å². The number of hydrogen-bond donors (Lipinski definition) is 2. The highest BCUT2D eigenvalue weighted by Crippen LogP contribution is 2.34. The van der Waals surface area contributed by atoms with Crippen LogP contribution >= 0.6 is 0 Å². The summed E-state index contributed by atoms with van der Waals surface area (Å²) in [4.78, 5) is 27.6. The zero-order valence-corrected chi connectivity index (χ0v) is 13.4. The number of nitrogens with zero attached hydrogens (tertiary/aromatic N) is 2. The average molecular weight is 352 g/mol. The summed E-state index contributed by atoms with van der Waals surface area (Å²) < 4.78 is 41.0. The number of aromatic nitrogens is 4. The van der Waals surface area contributed by atoms with Crippen LogP contribution in [-0.4, -0.2) is 19.7 Å². The summed E-state index contributed by atoms with van der Waals surface area (Å²) in [6.45, 7) is 3.68. The first kappa shape index (κ1) is 17.0. The molecular weight excluding hydrogens is 337 g/mol. The standard InChI is InChI=1S/C16H15F3N4O2/c1-3-10(9-6-4-8(2)5-7-9)23-13-11(12(22-23)16(17,18)19)14(24)21-15(25)20-13/h4-7,10H,3H2,1-2H3,(H2,20,21,24,25). The van der Waals surface area contributed by atoms with E-state index in [0.717, 1.165) is 15.8 Å². The minimum Gasteiger partial charge on any atom is -0.291 e. The summed E-state index contributed by atoms with van der Waals surface area (Å²) in [7, 11) is 0. The number of nitrogens with one attached hydrogen (secondary N) is 2. The normalized spacial score (nSPS) is 13.3. The fraction of sp³-hybridized carbons (Fsp3) is 0.312. The Morgan fingerprint density at radius 2 is 1.80 bits per heavy atom. The van der Waals surface area contributed by atoms with E-state index in [1.54, 1.807) is 19.1 Å². The fourth-order valence-electron chi connectivity index (χ4n) is 2.84. The number of fused-ring (bicyclic) bond motifs is 1. The summed E-state index contributed by atoms with van der Waals surface area (Å²) in [6, 6.07) is 6.69. The smallest absolute Gasteiger partial charge is 0.291 e. The van der Waals surface area contributed by atoms with Gasteiger partial charge in [-0.15, -0.1) is 0 Å². The molecule has 0 radical (unpaired) electrons. The quantitative estimate of drug-likeness (QED) is 0.760. The number of benzene rings is 1. The first-order valence-corrected chi connectivity index (χ1v) is 7.61. The fourth-order valence-corrected chi connectivity index (χ4v) is 2.84. The molecule has 0 saturated carbocycles. The summed E-state index contributed by atoms with van der Waals surface area (Å²) in [5.41, 5.74) is -1.82. The van der Waals surface area contributed by atoms with Crippen molar-refractivity contribution in [2.45, 2.75) is 32.5 Å². The lowest BCUT2D eigenvalue weighted by Crippen LogP contribution is -2.24. The van der Waals surface area contributed by atoms with Crippen molar-refractivity contribution in [2.75, 3.05) is 0 Å². The van der Waals surface area contributed by atoms with E-state index in [9.17, 15) is 22.8 Å². The van der Waals surface area contributed by atoms with Gasteiger partial charge in [0.25, 0.3) is 5.56 Å². The van der Waals surface area contributed by atoms with E-state index in [4.69, 9.17) is 0 Å². The lowest BCUT2D eigenvalue weighted by Gasteiger charge is -2.17. The highest BCUT2D eigenvalue weighted by atomic mass is 19.4. The van der Waals surface area contributed by atoms with Gasteiger partial charge in [-0.05, 0) is 18.9 Å². The molecule has 0 bridgehead atoms. The van der Waals surface area contributed by atoms with Gasteiger partial charge in [-0.3, -0.25) is 14.8 Å². The number of hydrogen-bond acceptors (Lipinski definition) is 3. The third-order valence-electron chi connectivity index (χ3n) is 4.01. The highest BCUT2D eigenvalue weighted by Gasteiger charge is 2.39. The van der Waals surface area contributed by atoms with Crippen LogP contribution in [0.25, 0.3) is 11.0 Å². The molecule has 2 N–H and O–H groups in total. The van der Waals surface area contributed by atoms with E-state index < -0.39 is 34.5 Å². The Kier molecular flexibility index (Phi) is 4.02. The Balaban J connectivity index is 2.33. The van der Waals surface area contributed by atoms with Crippen LogP contribution in [0.1, 0.15) is 36.2 Å². The molecule has 0 aliphatic rings. The van der Waals surface area contributed by atoms with Gasteiger partial charge in [0, 0.05) is 0 Å². The molecule has 1 atom stereocenters. The second-order valence-corrected chi connectivity index (χ2v) is 5.76. The largest absolute Gasteiger partial charge is 0.436 e. The van der Waals surface area contributed by atoms with Gasteiger partial charge in [-0.25, -0.2) is 9.48 Å². The monoisotopic (exact) mass is 352 g/mol. The van der Waals surface area contributed by atoms with Gasteiger partial charge in [0.2, 0.25) is 0 Å². The molecule has 2 aromatic heterocycles. The van der Waals surface area contributed by atoms with Gasteiger partial charge >= 0.3 is 11.9 Å². The Morgan fingerprint density at radius 1 is 1.16 bits per heavy atom. The van der Waals surface area contributed by atoms with Crippen molar-refractivity contribution in [3.63, 3.8) is 0 Å². The molecule has 2 heterocycles. The molecule has 1 aromatic carbocycles. The minimum atomic E-state index is -4.82. The maximum absolute atomic E-state index is 13.3. The average Bonchev–Trinajstić information content (AvgIpc) is 2.90. The molecule has 3 aromatic rings. The summed E-state index contributed by atoms with van der Waals surface area (Å²) in [5.74, 6) is 0. The molecule has 0 aliphatic carbocycles. The van der Waals surface area contributed by atoms with Crippen LogP contribution in [0.4, 0.5) is 13.2 Å². The van der Waals surface area contributed by atoms with Crippen LogP contribution in [0.2, 0.25) is 0 Å². The summed E-state index contributed by atoms with van der Waals surface area (Å²) in [5, 5.41) is 2.97. The molecule has 0 amide bonds. The molecule has 25 heavy (non-hydrogen) atoms. The zero-order valence-electron chi connectivity index (χ0n) is 13.4. The lowest BCUT2D eigenvalue weighted by molar-refractivity contribution is -0.140. The van der Waals surface area contributed by atoms with Crippen molar-refractivity contribution in [3.8, 4) is 0 Å². The maximum atomic E-state index is 13.3. The number of alkyl halides is 3. The first-order chi connectivity index (χ1) is 11.7. The Hall–Kier alpha value is -2.84. The summed E-state index contributed by atoms with van der Waals surface area (Å²) >= 11 is 0. The molecule has 9 heteroatoms. The van der Waals surface area contributed by atoms with Crippen LogP contribution in [0.5, 0.6) is 0 Å². The summed E-state index contributed by atoms with van der Waals surface area (Å²) in [6.07, 6.45) is -4.40. The van der Waals surface area contributed by atoms with Crippen molar-refractivity contribution in [1.29, 1.82) is 0 Å². The van der Waals surface area contributed by atoms with E-state index >= 15 is 0 Å². The zero-order chi connectivity index (χ0) is 18.4. The Bertz CT molecular complexity index is 1030. The predicted molar refractivity (Wildman–Crippen MR) is 85.6 cm³/mol. The third kappa shape index (κ3) is 2.97. The second-order valence-electron chi connectivity index (χ2n) is 5.76. The minimum absolute atomic E-state index is 0.242. The van der Waals surface area contributed by atoms with Gasteiger partial charge in [-0.1, -0.05) is 36.8 Å². The Morgan fingerprint density at radius 3 is 2.36 bits per heavy atom. The van der Waals surface area contributed by atoms with Crippen molar-refractivity contribution in [2.24, 2.45) is 0 Å². The van der Waals surface area contributed by atoms with E-state index in [-0.39, 0.29) is 5.65 Å². The molecule has 6 nitrogen and oxygen atoms in total. The predicted octanol–water partition coefficient (Wildman–Crippen LogP) is 2.74. The highest BCUT2D eigenvalue weighted by molar-refractivity contribution is 5.77. The van der Waals surface area contributed by atoms with Crippen molar-refractivity contribution in [1.82, 2.24) is 19.7 Å². The molecule has 1 unspecified atom stereocenters. The van der Waals surface area contributed by atoms with Gasteiger partial charge in [0.1, 0.15) is 11.0 Å². The van der Waals surface area contributed by atoms with Gasteiger partial charge in [-0.2, -0.15) is 18.3 Å². The van der Waals surface area contributed by atoms with E-state index in [1.807, 2.05) is 24.0 Å². The topological polar surface area (TPSA) is 83.5 Å². The number of aromatic amines is 2. The number of aryl methyl sites for hydroxylation is 1. The first-order valence-electron chi connectivity index (χ1n) is 7.61. The molecule has 0 spiro atoms. The van der Waals surface area contributed by atoms with Crippen molar-refractivity contribution in [3.05, 3.63) is 61.9 Å². The van der Waals surface area contributed by atoms with Crippen LogP contribution in [-0.2, 0) is 6.18 Å². The molecule has 0 aliphatic heterocycles. The van der Waals surface area contributed by atoms with Crippen molar-refractivity contribution < 1.29 is 13.2 Å². The lowest BCUT2D eigenvalue weighted by atomic mass is 10.0. The van der Waals surface area contributed by atoms with Crippen molar-refractivity contribution >= 4 is 11.0 Å². The van der Waals surface area contributed by atoms with Crippen LogP contribution in [0.3, 0.4) is 0 Å². The van der Waals surface area contributed by atoms with Crippen LogP contribution in [0.15, 0.2) is 33.9 Å². The Labute approximate surface area is 139 Å². The maximum Gasteiger partial charge on any atom is 0.436 e. The third-order valence-corrected chi connectivity index (χ3v) is 4.01. The molecular formula is C16H15F3N4O2. The molecule has 0 fully saturated rings. The molecule has 132 valence electrons. The SMILES string of the molecule is CCC(c1ccc(C)cc1)n1nc(C(F)(F)F)c2c(=O)[nH]c(=O)[nH]c21. The molecule has 0 saturated heterocycles. The number of rotatable bonds is 3. The van der Waals surface area contributed by atoms with E-state index in [1.165, 1.54) is 0 Å². The second kappa shape index (κ2) is 5.91. The van der Waals surface area contributed by atoms with Crippen LogP contribution in [0, 0.1) is 6.92 Å². The molecule has 3 rings (SSSR count). The van der Waals surface area contributed by atoms with E-state index in [2.05, 4.69) is 10.1 Å². The van der Waals surface area contributed by atoms with Gasteiger partial charge in [0.15, 0.2) is 5.69 Å².